The molecule has 2 rings (SSSR count). The molecule has 1 aromatic rings. The Labute approximate surface area is 216 Å². The highest BCUT2D eigenvalue weighted by Gasteiger charge is 2.38. The van der Waals surface area contributed by atoms with Crippen LogP contribution in [0.5, 0.6) is 5.75 Å². The van der Waals surface area contributed by atoms with E-state index in [0.717, 1.165) is 43.5 Å². The summed E-state index contributed by atoms with van der Waals surface area (Å²) in [5.41, 5.74) is 1.70. The van der Waals surface area contributed by atoms with Gasteiger partial charge in [0.1, 0.15) is 18.8 Å². The highest BCUT2D eigenvalue weighted by Crippen LogP contribution is 2.38. The molecule has 1 heterocycles. The van der Waals surface area contributed by atoms with E-state index in [2.05, 4.69) is 60.7 Å². The minimum Gasteiger partial charge on any atom is -0.507 e. The Morgan fingerprint density at radius 2 is 1.54 bits per heavy atom. The Morgan fingerprint density at radius 1 is 0.914 bits per heavy atom. The summed E-state index contributed by atoms with van der Waals surface area (Å²) in [6, 6.07) is 6.26. The lowest BCUT2D eigenvalue weighted by molar-refractivity contribution is -0.593. The van der Waals surface area contributed by atoms with Crippen LogP contribution in [-0.2, 0) is 12.0 Å². The van der Waals surface area contributed by atoms with E-state index in [1.165, 1.54) is 83.5 Å². The molecule has 0 aromatic heterocycles. The van der Waals surface area contributed by atoms with Gasteiger partial charge >= 0.3 is 0 Å². The number of para-hydroxylation sites is 1. The van der Waals surface area contributed by atoms with Gasteiger partial charge in [-0.2, -0.15) is 0 Å². The number of unbranched alkanes of at least 4 members (excludes halogenated alkanes) is 12. The molecule has 196 valence electrons. The standard InChI is InChI=1S/C32H52N2O/c1-4-7-8-9-10-11-12-13-14-15-16-17-18-19-20-21-23-29-24-22-25-30(31(29)35)32(5-2,6-3)34-27-26-33-28-34/h5,13-14,22,24-25,28,35H,2,4,6-12,15-21,23,26-27H2,1,3H3/p+1/b14-13-. The van der Waals surface area contributed by atoms with Crippen molar-refractivity contribution in [2.24, 2.45) is 0 Å². The molecule has 2 N–H and O–H groups in total. The van der Waals surface area contributed by atoms with Crippen molar-refractivity contribution in [2.45, 2.75) is 122 Å². The number of rotatable bonds is 20. The van der Waals surface area contributed by atoms with Crippen molar-refractivity contribution in [1.29, 1.82) is 0 Å². The van der Waals surface area contributed by atoms with Gasteiger partial charge in [-0.05, 0) is 56.6 Å². The number of hydrogen-bond donors (Lipinski definition) is 2. The summed E-state index contributed by atoms with van der Waals surface area (Å²) in [5.74, 6) is 0.460. The third-order valence-corrected chi connectivity index (χ3v) is 7.68. The molecule has 0 saturated carbocycles. The third kappa shape index (κ3) is 9.50. The Bertz CT molecular complexity index is 782. The first kappa shape index (κ1) is 29.2. The molecule has 0 radical (unpaired) electrons. The summed E-state index contributed by atoms with van der Waals surface area (Å²) in [7, 11) is 0. The fraction of sp³-hybridized carbons (Fsp3) is 0.656. The van der Waals surface area contributed by atoms with Gasteiger partial charge in [0, 0.05) is 5.56 Å². The maximum absolute atomic E-state index is 11.2. The second-order valence-corrected chi connectivity index (χ2v) is 10.3. The number of aromatic hydroxyl groups is 1. The summed E-state index contributed by atoms with van der Waals surface area (Å²) in [5, 5.41) is 14.5. The van der Waals surface area contributed by atoms with Crippen LogP contribution in [0.4, 0.5) is 0 Å². The average molecular weight is 482 g/mol. The van der Waals surface area contributed by atoms with Crippen molar-refractivity contribution in [3.63, 3.8) is 0 Å². The second-order valence-electron chi connectivity index (χ2n) is 10.3. The maximum Gasteiger partial charge on any atom is 0.233 e. The zero-order valence-electron chi connectivity index (χ0n) is 22.9. The van der Waals surface area contributed by atoms with Crippen LogP contribution in [0, 0.1) is 0 Å². The SMILES string of the molecule is C=CC(CC)(c1cccc(CCCCCCCC/C=C\CCCCCCCC)c1O)[N+]1=CNCC1. The monoisotopic (exact) mass is 481 g/mol. The lowest BCUT2D eigenvalue weighted by atomic mass is 9.84. The van der Waals surface area contributed by atoms with Crippen molar-refractivity contribution in [2.75, 3.05) is 13.1 Å². The molecule has 1 aliphatic heterocycles. The van der Waals surface area contributed by atoms with E-state index in [9.17, 15) is 5.11 Å². The van der Waals surface area contributed by atoms with E-state index in [-0.39, 0.29) is 5.54 Å². The van der Waals surface area contributed by atoms with E-state index < -0.39 is 0 Å². The summed E-state index contributed by atoms with van der Waals surface area (Å²) < 4.78 is 2.28. The Kier molecular flexibility index (Phi) is 14.5. The summed E-state index contributed by atoms with van der Waals surface area (Å²) in [6.45, 7) is 10.5. The van der Waals surface area contributed by atoms with Gasteiger partial charge in [0.2, 0.25) is 6.34 Å². The molecule has 0 bridgehead atoms. The summed E-state index contributed by atoms with van der Waals surface area (Å²) in [4.78, 5) is 0. The van der Waals surface area contributed by atoms with Gasteiger partial charge in [0.25, 0.3) is 0 Å². The fourth-order valence-corrected chi connectivity index (χ4v) is 5.36. The number of allylic oxidation sites excluding steroid dienone is 2. The van der Waals surface area contributed by atoms with E-state index in [4.69, 9.17) is 0 Å². The van der Waals surface area contributed by atoms with Crippen molar-refractivity contribution in [3.8, 4) is 5.75 Å². The Morgan fingerprint density at radius 3 is 2.11 bits per heavy atom. The number of benzene rings is 1. The molecule has 35 heavy (non-hydrogen) atoms. The zero-order valence-corrected chi connectivity index (χ0v) is 22.9. The predicted molar refractivity (Wildman–Crippen MR) is 153 cm³/mol. The smallest absolute Gasteiger partial charge is 0.233 e. The van der Waals surface area contributed by atoms with Crippen LogP contribution in [0.3, 0.4) is 0 Å². The number of nitrogens with zero attached hydrogens (tertiary/aromatic N) is 1. The minimum absolute atomic E-state index is 0.354. The first-order chi connectivity index (χ1) is 17.2. The molecule has 0 fully saturated rings. The van der Waals surface area contributed by atoms with Gasteiger partial charge in [-0.1, -0.05) is 109 Å². The molecule has 1 aliphatic rings. The highest BCUT2D eigenvalue weighted by molar-refractivity contribution is 5.52. The first-order valence-electron chi connectivity index (χ1n) is 14.6. The van der Waals surface area contributed by atoms with Crippen LogP contribution >= 0.6 is 0 Å². The number of hydrogen-bond acceptors (Lipinski definition) is 2. The molecular weight excluding hydrogens is 428 g/mol. The first-order valence-corrected chi connectivity index (χ1v) is 14.6. The van der Waals surface area contributed by atoms with Crippen LogP contribution in [0.2, 0.25) is 0 Å². The fourth-order valence-electron chi connectivity index (χ4n) is 5.36. The third-order valence-electron chi connectivity index (χ3n) is 7.68. The van der Waals surface area contributed by atoms with Crippen molar-refractivity contribution in [3.05, 3.63) is 54.1 Å². The topological polar surface area (TPSA) is 35.3 Å². The van der Waals surface area contributed by atoms with Crippen molar-refractivity contribution in [1.82, 2.24) is 5.32 Å². The lowest BCUT2D eigenvalue weighted by Gasteiger charge is -2.30. The predicted octanol–water partition coefficient (Wildman–Crippen LogP) is 8.41. The van der Waals surface area contributed by atoms with Crippen LogP contribution in [0.25, 0.3) is 0 Å². The molecule has 0 spiro atoms. The quantitative estimate of drug-likeness (QED) is 0.111. The molecule has 3 heteroatoms. The van der Waals surface area contributed by atoms with Gasteiger partial charge in [0.05, 0.1) is 0 Å². The lowest BCUT2D eigenvalue weighted by Crippen LogP contribution is -2.37. The average Bonchev–Trinajstić information content (AvgIpc) is 3.42. The van der Waals surface area contributed by atoms with E-state index >= 15 is 0 Å². The molecule has 1 unspecified atom stereocenters. The number of nitrogens with one attached hydrogen (secondary N) is 1. The van der Waals surface area contributed by atoms with Gasteiger partial charge in [0.15, 0.2) is 5.54 Å². The largest absolute Gasteiger partial charge is 0.507 e. The molecule has 0 aliphatic carbocycles. The molecular formula is C32H53N2O+. The Hall–Kier alpha value is -2.03. The van der Waals surface area contributed by atoms with E-state index in [0.29, 0.717) is 5.75 Å². The maximum atomic E-state index is 11.2. The second kappa shape index (κ2) is 17.4. The van der Waals surface area contributed by atoms with Crippen LogP contribution in [0.1, 0.15) is 121 Å². The number of aryl methyl sites for hydroxylation is 1. The van der Waals surface area contributed by atoms with Gasteiger partial charge in [-0.3, -0.25) is 9.89 Å². The normalized spacial score (nSPS) is 15.2. The highest BCUT2D eigenvalue weighted by atomic mass is 16.3. The van der Waals surface area contributed by atoms with E-state index in [1.54, 1.807) is 0 Å². The molecule has 0 saturated heterocycles. The van der Waals surface area contributed by atoms with Gasteiger partial charge in [-0.25, -0.2) is 0 Å². The molecule has 1 aromatic carbocycles. The van der Waals surface area contributed by atoms with Crippen molar-refractivity contribution >= 4 is 6.34 Å². The van der Waals surface area contributed by atoms with E-state index in [1.807, 2.05) is 12.4 Å². The van der Waals surface area contributed by atoms with Gasteiger partial charge < -0.3 is 5.11 Å². The molecule has 1 atom stereocenters. The van der Waals surface area contributed by atoms with Crippen molar-refractivity contribution < 1.29 is 9.68 Å². The Balaban J connectivity index is 1.63. The van der Waals surface area contributed by atoms with Crippen LogP contribution in [-0.4, -0.2) is 29.1 Å². The molecule has 3 nitrogen and oxygen atoms in total. The molecule has 0 amide bonds. The minimum atomic E-state index is -0.354. The van der Waals surface area contributed by atoms with Crippen LogP contribution in [0.15, 0.2) is 43.0 Å². The summed E-state index contributed by atoms with van der Waals surface area (Å²) in [6.07, 6.45) is 29.1. The van der Waals surface area contributed by atoms with Gasteiger partial charge in [-0.15, -0.1) is 0 Å². The number of phenols is 1. The van der Waals surface area contributed by atoms with Crippen LogP contribution < -0.4 is 5.32 Å². The number of phenolic OH excluding ortho intramolecular Hbond substituents is 1. The summed E-state index contributed by atoms with van der Waals surface area (Å²) >= 11 is 0. The zero-order chi connectivity index (χ0) is 25.2.